The zero-order valence-corrected chi connectivity index (χ0v) is 21.6. The van der Waals surface area contributed by atoms with Crippen molar-refractivity contribution in [2.24, 2.45) is 0 Å². The highest BCUT2D eigenvalue weighted by atomic mass is 19.1. The molecule has 4 rings (SSSR count). The fourth-order valence-electron chi connectivity index (χ4n) is 4.46. The molecule has 3 aromatic rings. The van der Waals surface area contributed by atoms with Gasteiger partial charge in [0.2, 0.25) is 5.91 Å². The van der Waals surface area contributed by atoms with Crippen LogP contribution >= 0.6 is 0 Å². The van der Waals surface area contributed by atoms with E-state index in [4.69, 9.17) is 9.47 Å². The maximum Gasteiger partial charge on any atom is 0.234 e. The maximum atomic E-state index is 13.3. The Morgan fingerprint density at radius 2 is 1.45 bits per heavy atom. The van der Waals surface area contributed by atoms with Crippen molar-refractivity contribution in [3.63, 3.8) is 0 Å². The number of rotatable bonds is 12. The number of benzene rings is 3. The van der Waals surface area contributed by atoms with Crippen molar-refractivity contribution in [1.29, 1.82) is 0 Å². The molecule has 1 saturated heterocycles. The summed E-state index contributed by atoms with van der Waals surface area (Å²) < 4.78 is 24.7. The van der Waals surface area contributed by atoms with Gasteiger partial charge in [0.1, 0.15) is 23.4 Å². The van der Waals surface area contributed by atoms with E-state index >= 15 is 0 Å². The fraction of sp³-hybridized carbons (Fsp3) is 0.355. The lowest BCUT2D eigenvalue weighted by Crippen LogP contribution is -2.48. The first-order valence-corrected chi connectivity index (χ1v) is 13.2. The third-order valence-electron chi connectivity index (χ3n) is 6.54. The summed E-state index contributed by atoms with van der Waals surface area (Å²) in [5, 5.41) is 2.93. The van der Waals surface area contributed by atoms with Gasteiger partial charge in [0.05, 0.1) is 19.8 Å². The predicted molar refractivity (Wildman–Crippen MR) is 145 cm³/mol. The van der Waals surface area contributed by atoms with Crippen molar-refractivity contribution in [3.05, 3.63) is 95.8 Å². The van der Waals surface area contributed by atoms with Crippen LogP contribution in [-0.2, 0) is 27.4 Å². The number of halogens is 1. The van der Waals surface area contributed by atoms with Crippen molar-refractivity contribution in [3.8, 4) is 11.5 Å². The molecular formula is C31H35FN2O4. The number of amides is 1. The molecule has 1 fully saturated rings. The number of ether oxygens (including phenoxy) is 2. The molecule has 1 N–H and O–H groups in total. The average molecular weight is 519 g/mol. The van der Waals surface area contributed by atoms with Crippen LogP contribution in [0.15, 0.2) is 78.9 Å². The fourth-order valence-corrected chi connectivity index (χ4v) is 4.46. The SMILES string of the molecule is O=C(CN1CCCCCC1)N[C@@H](COCc1ccccc1)C(=O)Cc1ccc(Oc2ccc(F)cc2)cc1. The van der Waals surface area contributed by atoms with Gasteiger partial charge in [-0.05, 0) is 73.5 Å². The molecule has 7 heteroatoms. The first-order chi connectivity index (χ1) is 18.5. The van der Waals surface area contributed by atoms with Crippen molar-refractivity contribution < 1.29 is 23.5 Å². The number of Topliss-reactive ketones (excluding diaryl/α,β-unsaturated/α-hetero) is 1. The highest BCUT2D eigenvalue weighted by Crippen LogP contribution is 2.22. The summed E-state index contributed by atoms with van der Waals surface area (Å²) in [6.07, 6.45) is 4.73. The summed E-state index contributed by atoms with van der Waals surface area (Å²) >= 11 is 0. The van der Waals surface area contributed by atoms with E-state index < -0.39 is 6.04 Å². The molecule has 0 radical (unpaired) electrons. The van der Waals surface area contributed by atoms with Gasteiger partial charge in [-0.1, -0.05) is 55.3 Å². The minimum absolute atomic E-state index is 0.102. The van der Waals surface area contributed by atoms with Gasteiger partial charge >= 0.3 is 0 Å². The Kier molecular flexibility index (Phi) is 10.4. The second-order valence-electron chi connectivity index (χ2n) is 9.65. The normalized spacial score (nSPS) is 14.9. The number of hydrogen-bond donors (Lipinski definition) is 1. The molecule has 1 heterocycles. The van der Waals surface area contributed by atoms with Gasteiger partial charge < -0.3 is 14.8 Å². The van der Waals surface area contributed by atoms with Gasteiger partial charge in [-0.2, -0.15) is 0 Å². The monoisotopic (exact) mass is 518 g/mol. The van der Waals surface area contributed by atoms with E-state index in [1.165, 1.54) is 25.0 Å². The third-order valence-corrected chi connectivity index (χ3v) is 6.54. The minimum atomic E-state index is -0.742. The second kappa shape index (κ2) is 14.4. The van der Waals surface area contributed by atoms with Crippen LogP contribution < -0.4 is 10.1 Å². The van der Waals surface area contributed by atoms with Gasteiger partial charge in [0.15, 0.2) is 5.78 Å². The molecule has 38 heavy (non-hydrogen) atoms. The lowest BCUT2D eigenvalue weighted by atomic mass is 10.0. The highest BCUT2D eigenvalue weighted by molar-refractivity contribution is 5.91. The molecule has 6 nitrogen and oxygen atoms in total. The van der Waals surface area contributed by atoms with Crippen LogP contribution in [0.5, 0.6) is 11.5 Å². The van der Waals surface area contributed by atoms with E-state index in [9.17, 15) is 14.0 Å². The molecule has 0 bridgehead atoms. The van der Waals surface area contributed by atoms with Crippen molar-refractivity contribution in [2.75, 3.05) is 26.2 Å². The first kappa shape index (κ1) is 27.5. The van der Waals surface area contributed by atoms with Crippen molar-refractivity contribution in [1.82, 2.24) is 10.2 Å². The van der Waals surface area contributed by atoms with E-state index in [1.807, 2.05) is 42.5 Å². The summed E-state index contributed by atoms with van der Waals surface area (Å²) in [4.78, 5) is 28.3. The Morgan fingerprint density at radius 3 is 2.11 bits per heavy atom. The molecule has 1 amide bonds. The number of nitrogens with zero attached hydrogens (tertiary/aromatic N) is 1. The Labute approximate surface area is 223 Å². The van der Waals surface area contributed by atoms with E-state index in [0.717, 1.165) is 37.1 Å². The van der Waals surface area contributed by atoms with Crippen LogP contribution in [0.4, 0.5) is 4.39 Å². The third kappa shape index (κ3) is 9.08. The highest BCUT2D eigenvalue weighted by Gasteiger charge is 2.23. The number of likely N-dealkylation sites (tertiary alicyclic amines) is 1. The van der Waals surface area contributed by atoms with Gasteiger partial charge in [0, 0.05) is 6.42 Å². The second-order valence-corrected chi connectivity index (χ2v) is 9.65. The molecule has 0 unspecified atom stereocenters. The lowest BCUT2D eigenvalue weighted by molar-refractivity contribution is -0.129. The molecule has 1 atom stereocenters. The van der Waals surface area contributed by atoms with Gasteiger partial charge in [-0.3, -0.25) is 14.5 Å². The molecule has 1 aliphatic rings. The Morgan fingerprint density at radius 1 is 0.816 bits per heavy atom. The summed E-state index contributed by atoms with van der Waals surface area (Å²) in [5.41, 5.74) is 1.81. The van der Waals surface area contributed by atoms with Crippen LogP contribution in [0, 0.1) is 5.82 Å². The standard InChI is InChI=1S/C31H35FN2O4/c32-26-12-16-28(17-13-26)38-27-14-10-24(11-15-27)20-30(35)29(23-37-22-25-8-4-3-5-9-25)33-31(36)21-34-18-6-1-2-7-19-34/h3-5,8-17,29H,1-2,6-7,18-23H2,(H,33,36)/t29-/m0/s1. The van der Waals surface area contributed by atoms with E-state index in [0.29, 0.717) is 18.1 Å². The van der Waals surface area contributed by atoms with E-state index in [-0.39, 0.29) is 37.1 Å². The molecule has 0 aromatic heterocycles. The zero-order valence-electron chi connectivity index (χ0n) is 21.6. The Hall–Kier alpha value is -3.55. The Bertz CT molecular complexity index is 1140. The number of ketones is 1. The Balaban J connectivity index is 1.35. The van der Waals surface area contributed by atoms with E-state index in [2.05, 4.69) is 10.2 Å². The van der Waals surface area contributed by atoms with Gasteiger partial charge in [0.25, 0.3) is 0 Å². The number of carbonyl (C=O) groups excluding carboxylic acids is 2. The van der Waals surface area contributed by atoms with Crippen LogP contribution in [0.1, 0.15) is 36.8 Å². The number of hydrogen-bond acceptors (Lipinski definition) is 5. The number of carbonyl (C=O) groups is 2. The lowest BCUT2D eigenvalue weighted by Gasteiger charge is -2.22. The van der Waals surface area contributed by atoms with Crippen molar-refractivity contribution >= 4 is 11.7 Å². The van der Waals surface area contributed by atoms with Crippen LogP contribution in [-0.4, -0.2) is 48.9 Å². The molecule has 0 aliphatic carbocycles. The van der Waals surface area contributed by atoms with E-state index in [1.54, 1.807) is 24.3 Å². The summed E-state index contributed by atoms with van der Waals surface area (Å²) in [6, 6.07) is 22.0. The summed E-state index contributed by atoms with van der Waals surface area (Å²) in [5.74, 6) is 0.511. The first-order valence-electron chi connectivity index (χ1n) is 13.2. The molecule has 200 valence electrons. The number of nitrogens with one attached hydrogen (secondary N) is 1. The molecule has 3 aromatic carbocycles. The quantitative estimate of drug-likeness (QED) is 0.352. The average Bonchev–Trinajstić information content (AvgIpc) is 3.19. The van der Waals surface area contributed by atoms with Gasteiger partial charge in [-0.25, -0.2) is 4.39 Å². The molecule has 1 aliphatic heterocycles. The summed E-state index contributed by atoms with van der Waals surface area (Å²) in [6.45, 7) is 2.57. The molecule has 0 spiro atoms. The molecule has 0 saturated carbocycles. The van der Waals surface area contributed by atoms with Crippen LogP contribution in [0.25, 0.3) is 0 Å². The van der Waals surface area contributed by atoms with Crippen molar-refractivity contribution in [2.45, 2.75) is 44.8 Å². The van der Waals surface area contributed by atoms with Gasteiger partial charge in [-0.15, -0.1) is 0 Å². The largest absolute Gasteiger partial charge is 0.457 e. The van der Waals surface area contributed by atoms with Crippen LogP contribution in [0.3, 0.4) is 0 Å². The van der Waals surface area contributed by atoms with Crippen LogP contribution in [0.2, 0.25) is 0 Å². The zero-order chi connectivity index (χ0) is 26.6. The molecular weight excluding hydrogens is 483 g/mol. The maximum absolute atomic E-state index is 13.3. The smallest absolute Gasteiger partial charge is 0.234 e. The predicted octanol–water partition coefficient (Wildman–Crippen LogP) is 5.31. The minimum Gasteiger partial charge on any atom is -0.457 e. The topological polar surface area (TPSA) is 67.9 Å². The summed E-state index contributed by atoms with van der Waals surface area (Å²) in [7, 11) is 0.